The van der Waals surface area contributed by atoms with E-state index in [1.165, 1.54) is 7.11 Å². The van der Waals surface area contributed by atoms with Gasteiger partial charge in [0.25, 0.3) is 3.57 Å². The molecule has 0 saturated heterocycles. The zero-order chi connectivity index (χ0) is 16.8. The van der Waals surface area contributed by atoms with Crippen LogP contribution >= 0.6 is 0 Å². The number of rotatable bonds is 6. The Morgan fingerprint density at radius 1 is 0.870 bits per heavy atom. The molecule has 0 bridgehead atoms. The van der Waals surface area contributed by atoms with Gasteiger partial charge >= 0.3 is 27.2 Å². The Hall–Kier alpha value is -1.96. The Bertz CT molecular complexity index is 657. The van der Waals surface area contributed by atoms with Crippen molar-refractivity contribution in [3.05, 3.63) is 49.1 Å². The molecule has 23 heavy (non-hydrogen) atoms. The van der Waals surface area contributed by atoms with E-state index in [1.54, 1.807) is 33.5 Å². The van der Waals surface area contributed by atoms with Gasteiger partial charge < -0.3 is 18.9 Å². The fraction of sp³-hybridized carbons (Fsp3) is 0.235. The molecule has 122 valence electrons. The lowest BCUT2D eigenvalue weighted by Crippen LogP contribution is -3.61. The zero-order valence-electron chi connectivity index (χ0n) is 13.4. The van der Waals surface area contributed by atoms with Gasteiger partial charge in [-0.15, -0.1) is 0 Å². The molecule has 2 aromatic rings. The average Bonchev–Trinajstić information content (AvgIpc) is 2.61. The molecule has 0 N–H and O–H groups in total. The van der Waals surface area contributed by atoms with Crippen molar-refractivity contribution in [2.45, 2.75) is 0 Å². The molecule has 0 fully saturated rings. The smallest absolute Gasteiger partial charge is 0.366 e. The quantitative estimate of drug-likeness (QED) is 0.464. The Kier molecular flexibility index (Phi) is 6.09. The lowest BCUT2D eigenvalue weighted by Gasteiger charge is -2.08. The van der Waals surface area contributed by atoms with Crippen molar-refractivity contribution in [1.29, 1.82) is 0 Å². The normalized spacial score (nSPS) is 10.1. The van der Waals surface area contributed by atoms with Gasteiger partial charge in [0.1, 0.15) is 5.75 Å². The molecule has 0 saturated carbocycles. The third-order valence-corrected chi connectivity index (χ3v) is 6.07. The first-order valence-corrected chi connectivity index (χ1v) is 8.92. The molecule has 0 atom stereocenters. The van der Waals surface area contributed by atoms with E-state index in [0.717, 1.165) is 18.6 Å². The second-order valence-electron chi connectivity index (χ2n) is 4.44. The molecular formula is C17H18IO5+. The summed E-state index contributed by atoms with van der Waals surface area (Å²) in [4.78, 5) is 11.5. The van der Waals surface area contributed by atoms with E-state index in [1.807, 2.05) is 24.3 Å². The van der Waals surface area contributed by atoms with Crippen LogP contribution in [0.25, 0.3) is 0 Å². The summed E-state index contributed by atoms with van der Waals surface area (Å²) in [5.74, 6) is 1.83. The van der Waals surface area contributed by atoms with Crippen LogP contribution in [-0.2, 0) is 4.74 Å². The fourth-order valence-corrected chi connectivity index (χ4v) is 4.56. The predicted molar refractivity (Wildman–Crippen MR) is 81.3 cm³/mol. The van der Waals surface area contributed by atoms with Gasteiger partial charge in [-0.1, -0.05) is 0 Å². The van der Waals surface area contributed by atoms with E-state index in [2.05, 4.69) is 0 Å². The van der Waals surface area contributed by atoms with Gasteiger partial charge in [0, 0.05) is 12.1 Å². The van der Waals surface area contributed by atoms with Gasteiger partial charge in [0.2, 0.25) is 0 Å². The number of benzene rings is 2. The highest BCUT2D eigenvalue weighted by atomic mass is 127. The van der Waals surface area contributed by atoms with Gasteiger partial charge in [0.05, 0.1) is 34.0 Å². The topological polar surface area (TPSA) is 54.0 Å². The van der Waals surface area contributed by atoms with Crippen molar-refractivity contribution in [3.63, 3.8) is 0 Å². The van der Waals surface area contributed by atoms with E-state index in [0.29, 0.717) is 11.3 Å². The Morgan fingerprint density at radius 3 is 1.87 bits per heavy atom. The van der Waals surface area contributed by atoms with Crippen LogP contribution in [0, 0.1) is 7.14 Å². The summed E-state index contributed by atoms with van der Waals surface area (Å²) in [7, 11) is 6.23. The summed E-state index contributed by atoms with van der Waals surface area (Å²) in [6.07, 6.45) is 0. The number of methoxy groups -OCH3 is 4. The highest BCUT2D eigenvalue weighted by molar-refractivity contribution is 5.89. The molecule has 0 aromatic heterocycles. The summed E-state index contributed by atoms with van der Waals surface area (Å²) >= 11 is -0.540. The van der Waals surface area contributed by atoms with Crippen LogP contribution in [0.4, 0.5) is 0 Å². The maximum absolute atomic E-state index is 11.5. The number of carbonyl (C=O) groups is 1. The summed E-state index contributed by atoms with van der Waals surface area (Å²) in [5, 5.41) is 0. The van der Waals surface area contributed by atoms with Crippen LogP contribution in [-0.4, -0.2) is 34.4 Å². The Labute approximate surface area is 145 Å². The van der Waals surface area contributed by atoms with Crippen molar-refractivity contribution < 1.29 is 44.9 Å². The van der Waals surface area contributed by atoms with E-state index in [9.17, 15) is 4.79 Å². The Balaban J connectivity index is 2.33. The van der Waals surface area contributed by atoms with Crippen LogP contribution in [0.5, 0.6) is 17.2 Å². The lowest BCUT2D eigenvalue weighted by atomic mass is 10.2. The first kappa shape index (κ1) is 17.4. The van der Waals surface area contributed by atoms with Crippen LogP contribution in [0.2, 0.25) is 0 Å². The van der Waals surface area contributed by atoms with Crippen molar-refractivity contribution in [2.24, 2.45) is 0 Å². The summed E-state index contributed by atoms with van der Waals surface area (Å²) in [6, 6.07) is 11.1. The minimum atomic E-state index is -0.540. The highest BCUT2D eigenvalue weighted by Crippen LogP contribution is 2.27. The van der Waals surface area contributed by atoms with E-state index in [4.69, 9.17) is 18.9 Å². The van der Waals surface area contributed by atoms with Crippen molar-refractivity contribution >= 4 is 5.97 Å². The molecule has 0 aliphatic heterocycles. The number of halogens is 1. The zero-order valence-corrected chi connectivity index (χ0v) is 15.5. The number of carbonyl (C=O) groups excluding carboxylic acids is 1. The fourth-order valence-electron chi connectivity index (χ4n) is 1.93. The maximum atomic E-state index is 11.5. The minimum Gasteiger partial charge on any atom is -0.496 e. The van der Waals surface area contributed by atoms with E-state index >= 15 is 0 Å². The standard InChI is InChI=1S/C17H18IO5/c1-20-13-9-14(21-2)16(15(10-13)22-3)18-12-7-5-11(6-8-12)17(19)23-4/h5-10H,1-4H3/q+1. The Morgan fingerprint density at radius 2 is 1.43 bits per heavy atom. The average molecular weight is 429 g/mol. The van der Waals surface area contributed by atoms with Crippen LogP contribution in [0.1, 0.15) is 10.4 Å². The third kappa shape index (κ3) is 4.07. The predicted octanol–water partition coefficient (Wildman–Crippen LogP) is -0.373. The second kappa shape index (κ2) is 8.05. The van der Waals surface area contributed by atoms with Gasteiger partial charge in [-0.2, -0.15) is 0 Å². The number of hydrogen-bond donors (Lipinski definition) is 0. The molecule has 0 amide bonds. The van der Waals surface area contributed by atoms with E-state index < -0.39 is 21.2 Å². The van der Waals surface area contributed by atoms with Crippen LogP contribution < -0.4 is 35.4 Å². The molecule has 0 aliphatic carbocycles. The summed E-state index contributed by atoms with van der Waals surface area (Å²) in [5.41, 5.74) is 0.536. The molecule has 0 heterocycles. The molecule has 2 rings (SSSR count). The molecule has 5 nitrogen and oxygen atoms in total. The third-order valence-electron chi connectivity index (χ3n) is 3.12. The molecular weight excluding hydrogens is 411 g/mol. The number of hydrogen-bond acceptors (Lipinski definition) is 5. The second-order valence-corrected chi connectivity index (χ2v) is 7.30. The van der Waals surface area contributed by atoms with Crippen molar-refractivity contribution in [3.8, 4) is 17.2 Å². The first-order chi connectivity index (χ1) is 11.1. The highest BCUT2D eigenvalue weighted by Gasteiger charge is 2.28. The SMILES string of the molecule is COC(=O)c1ccc([I+]c2c(OC)cc(OC)cc2OC)cc1. The van der Waals surface area contributed by atoms with Gasteiger partial charge in [-0.05, 0) is 24.3 Å². The lowest BCUT2D eigenvalue weighted by molar-refractivity contribution is -0.598. The molecule has 0 spiro atoms. The van der Waals surface area contributed by atoms with Gasteiger partial charge in [-0.25, -0.2) is 4.79 Å². The maximum Gasteiger partial charge on any atom is 0.366 e. The van der Waals surface area contributed by atoms with Crippen molar-refractivity contribution in [2.75, 3.05) is 28.4 Å². The molecule has 6 heteroatoms. The molecule has 0 radical (unpaired) electrons. The first-order valence-electron chi connectivity index (χ1n) is 6.76. The number of esters is 1. The van der Waals surface area contributed by atoms with Crippen LogP contribution in [0.3, 0.4) is 0 Å². The van der Waals surface area contributed by atoms with Crippen LogP contribution in [0.15, 0.2) is 36.4 Å². The van der Waals surface area contributed by atoms with Gasteiger partial charge in [-0.3, -0.25) is 0 Å². The van der Waals surface area contributed by atoms with Crippen molar-refractivity contribution in [1.82, 2.24) is 0 Å². The monoisotopic (exact) mass is 429 g/mol. The van der Waals surface area contributed by atoms with E-state index in [-0.39, 0.29) is 5.97 Å². The molecule has 0 aliphatic rings. The molecule has 2 aromatic carbocycles. The summed E-state index contributed by atoms with van der Waals surface area (Å²) < 4.78 is 23.1. The number of ether oxygens (including phenoxy) is 4. The summed E-state index contributed by atoms with van der Waals surface area (Å²) in [6.45, 7) is 0. The minimum absolute atomic E-state index is 0.339. The molecule has 0 unspecified atom stereocenters. The largest absolute Gasteiger partial charge is 0.496 e. The van der Waals surface area contributed by atoms with Gasteiger partial charge in [0.15, 0.2) is 15.1 Å².